The van der Waals surface area contributed by atoms with Crippen LogP contribution in [0.1, 0.15) is 4.88 Å². The van der Waals surface area contributed by atoms with Crippen LogP contribution in [0, 0.1) is 0 Å². The van der Waals surface area contributed by atoms with Crippen LogP contribution in [-0.2, 0) is 10.0 Å². The Kier molecular flexibility index (Phi) is 3.49. The molecule has 0 bridgehead atoms. The van der Waals surface area contributed by atoms with Gasteiger partial charge in [0, 0.05) is 10.8 Å². The molecule has 0 aliphatic rings. The Hall–Kier alpha value is -0.360. The van der Waals surface area contributed by atoms with E-state index in [9.17, 15) is 8.42 Å². The number of primary sulfonamides is 1. The Balaban J connectivity index is 2.94. The van der Waals surface area contributed by atoms with Gasteiger partial charge in [0.05, 0.1) is 0 Å². The fraction of sp³-hybridized carbons (Fsp3) is 0.143. The highest BCUT2D eigenvalue weighted by atomic mass is 35.5. The average Bonchev–Trinajstić information content (AvgIpc) is 2.47. The summed E-state index contributed by atoms with van der Waals surface area (Å²) in [6, 6.07) is 3.17. The standard InChI is InChI=1S/C7H8ClNO2S2/c8-5-1-2-6-3-4-7(12-6)13(9,10)11/h1-4H,5H2,(H2,9,10,11). The second kappa shape index (κ2) is 4.23. The maximum atomic E-state index is 10.9. The van der Waals surface area contributed by atoms with Gasteiger partial charge in [-0.15, -0.1) is 22.9 Å². The summed E-state index contributed by atoms with van der Waals surface area (Å²) in [4.78, 5) is 0.824. The number of thiophene rings is 1. The summed E-state index contributed by atoms with van der Waals surface area (Å²) in [7, 11) is -3.56. The minimum atomic E-state index is -3.56. The lowest BCUT2D eigenvalue weighted by molar-refractivity contribution is 0.600. The largest absolute Gasteiger partial charge is 0.247 e. The third-order valence-corrected chi connectivity index (χ3v) is 3.92. The topological polar surface area (TPSA) is 60.2 Å². The number of rotatable bonds is 3. The van der Waals surface area contributed by atoms with Gasteiger partial charge in [-0.05, 0) is 18.2 Å². The van der Waals surface area contributed by atoms with Crippen molar-refractivity contribution in [3.8, 4) is 0 Å². The van der Waals surface area contributed by atoms with Crippen LogP contribution in [-0.4, -0.2) is 14.3 Å². The van der Waals surface area contributed by atoms with Crippen LogP contribution in [0.2, 0.25) is 0 Å². The quantitative estimate of drug-likeness (QED) is 0.813. The molecule has 1 aromatic rings. The van der Waals surface area contributed by atoms with Gasteiger partial charge < -0.3 is 0 Å². The van der Waals surface area contributed by atoms with Crippen molar-refractivity contribution in [1.29, 1.82) is 0 Å². The number of sulfonamides is 1. The molecule has 3 nitrogen and oxygen atoms in total. The van der Waals surface area contributed by atoms with Gasteiger partial charge in [0.25, 0.3) is 0 Å². The summed E-state index contributed by atoms with van der Waals surface area (Å²) in [5.41, 5.74) is 0. The highest BCUT2D eigenvalue weighted by Crippen LogP contribution is 2.21. The fourth-order valence-corrected chi connectivity index (χ4v) is 2.51. The molecule has 0 atom stereocenters. The van der Waals surface area contributed by atoms with Crippen LogP contribution in [0.25, 0.3) is 6.08 Å². The molecule has 0 radical (unpaired) electrons. The van der Waals surface area contributed by atoms with Crippen LogP contribution in [0.4, 0.5) is 0 Å². The number of hydrogen-bond acceptors (Lipinski definition) is 3. The number of halogens is 1. The molecule has 72 valence electrons. The van der Waals surface area contributed by atoms with Crippen molar-refractivity contribution in [2.45, 2.75) is 4.21 Å². The van der Waals surface area contributed by atoms with E-state index in [2.05, 4.69) is 0 Å². The number of alkyl halides is 1. The van der Waals surface area contributed by atoms with Crippen LogP contribution >= 0.6 is 22.9 Å². The zero-order valence-electron chi connectivity index (χ0n) is 6.60. The van der Waals surface area contributed by atoms with E-state index < -0.39 is 10.0 Å². The molecule has 0 amide bonds. The first-order chi connectivity index (χ1) is 6.04. The lowest BCUT2D eigenvalue weighted by Crippen LogP contribution is -2.09. The van der Waals surface area contributed by atoms with Crippen molar-refractivity contribution >= 4 is 39.0 Å². The molecule has 2 N–H and O–H groups in total. The lowest BCUT2D eigenvalue weighted by Gasteiger charge is -1.88. The summed E-state index contributed by atoms with van der Waals surface area (Å²) in [6.45, 7) is 0. The van der Waals surface area contributed by atoms with Crippen molar-refractivity contribution in [1.82, 2.24) is 0 Å². The zero-order valence-corrected chi connectivity index (χ0v) is 8.99. The maximum Gasteiger partial charge on any atom is 0.247 e. The molecule has 0 aliphatic carbocycles. The third kappa shape index (κ3) is 3.11. The lowest BCUT2D eigenvalue weighted by atomic mass is 10.4. The predicted molar refractivity (Wildman–Crippen MR) is 55.4 cm³/mol. The summed E-state index contributed by atoms with van der Waals surface area (Å²) in [5, 5.41) is 4.93. The van der Waals surface area contributed by atoms with Crippen molar-refractivity contribution in [2.75, 3.05) is 5.88 Å². The number of nitrogens with two attached hydrogens (primary N) is 1. The summed E-state index contributed by atoms with van der Waals surface area (Å²) >= 11 is 6.54. The Morgan fingerprint density at radius 1 is 1.54 bits per heavy atom. The first-order valence-electron chi connectivity index (χ1n) is 3.39. The van der Waals surface area contributed by atoms with E-state index in [1.165, 1.54) is 6.07 Å². The molecular weight excluding hydrogens is 230 g/mol. The zero-order chi connectivity index (χ0) is 9.90. The van der Waals surface area contributed by atoms with E-state index >= 15 is 0 Å². The first-order valence-corrected chi connectivity index (χ1v) is 6.29. The molecule has 1 heterocycles. The molecular formula is C7H8ClNO2S2. The highest BCUT2D eigenvalue weighted by Gasteiger charge is 2.09. The molecule has 0 spiro atoms. The maximum absolute atomic E-state index is 10.9. The van der Waals surface area contributed by atoms with Gasteiger partial charge >= 0.3 is 0 Å². The van der Waals surface area contributed by atoms with Gasteiger partial charge in [0.15, 0.2) is 0 Å². The molecule has 1 aromatic heterocycles. The summed E-state index contributed by atoms with van der Waals surface area (Å²) < 4.78 is 21.9. The molecule has 0 unspecified atom stereocenters. The summed E-state index contributed by atoms with van der Waals surface area (Å²) in [6.07, 6.45) is 3.49. The van der Waals surface area contributed by atoms with Crippen molar-refractivity contribution < 1.29 is 8.42 Å². The van der Waals surface area contributed by atoms with E-state index in [0.717, 1.165) is 16.2 Å². The SMILES string of the molecule is NS(=O)(=O)c1ccc(C=CCCl)s1. The Morgan fingerprint density at radius 2 is 2.23 bits per heavy atom. The Bertz CT molecular complexity index is 408. The minimum absolute atomic E-state index is 0.168. The second-order valence-corrected chi connectivity index (χ2v) is 5.47. The van der Waals surface area contributed by atoms with Crippen LogP contribution < -0.4 is 5.14 Å². The fourth-order valence-electron chi connectivity index (χ4n) is 0.738. The molecule has 1 rings (SSSR count). The highest BCUT2D eigenvalue weighted by molar-refractivity contribution is 7.91. The van der Waals surface area contributed by atoms with Gasteiger partial charge in [-0.1, -0.05) is 6.08 Å². The Labute approximate surface area is 85.9 Å². The van der Waals surface area contributed by atoms with Gasteiger partial charge in [0.1, 0.15) is 4.21 Å². The molecule has 13 heavy (non-hydrogen) atoms. The van der Waals surface area contributed by atoms with E-state index in [4.69, 9.17) is 16.7 Å². The van der Waals surface area contributed by atoms with Gasteiger partial charge in [-0.3, -0.25) is 0 Å². The molecule has 0 aliphatic heterocycles. The smallest absolute Gasteiger partial charge is 0.224 e. The average molecular weight is 238 g/mol. The van der Waals surface area contributed by atoms with E-state index in [1.807, 2.05) is 0 Å². The monoisotopic (exact) mass is 237 g/mol. The molecule has 0 fully saturated rings. The van der Waals surface area contributed by atoms with Gasteiger partial charge in [-0.25, -0.2) is 13.6 Å². The normalized spacial score (nSPS) is 12.5. The Morgan fingerprint density at radius 3 is 2.69 bits per heavy atom. The van der Waals surface area contributed by atoms with Crippen molar-refractivity contribution in [2.24, 2.45) is 5.14 Å². The molecule has 0 saturated carbocycles. The first kappa shape index (κ1) is 10.7. The minimum Gasteiger partial charge on any atom is -0.224 e. The van der Waals surface area contributed by atoms with Gasteiger partial charge in [-0.2, -0.15) is 0 Å². The molecule has 0 saturated heterocycles. The van der Waals surface area contributed by atoms with Crippen molar-refractivity contribution in [3.05, 3.63) is 23.1 Å². The van der Waals surface area contributed by atoms with E-state index in [1.54, 1.807) is 18.2 Å². The van der Waals surface area contributed by atoms with E-state index in [0.29, 0.717) is 5.88 Å². The second-order valence-electron chi connectivity index (χ2n) is 2.26. The van der Waals surface area contributed by atoms with E-state index in [-0.39, 0.29) is 4.21 Å². The molecule has 0 aromatic carbocycles. The predicted octanol–water partition coefficient (Wildman–Crippen LogP) is 1.65. The number of allylic oxidation sites excluding steroid dienone is 1. The molecule has 6 heteroatoms. The van der Waals surface area contributed by atoms with Crippen molar-refractivity contribution in [3.63, 3.8) is 0 Å². The number of hydrogen-bond donors (Lipinski definition) is 1. The van der Waals surface area contributed by atoms with Gasteiger partial charge in [0.2, 0.25) is 10.0 Å². The third-order valence-electron chi connectivity index (χ3n) is 1.25. The van der Waals surface area contributed by atoms with Crippen LogP contribution in [0.3, 0.4) is 0 Å². The van der Waals surface area contributed by atoms with Crippen LogP contribution in [0.5, 0.6) is 0 Å². The van der Waals surface area contributed by atoms with Crippen LogP contribution in [0.15, 0.2) is 22.4 Å². The summed E-state index contributed by atoms with van der Waals surface area (Å²) in [5.74, 6) is 0.405.